The van der Waals surface area contributed by atoms with Crippen LogP contribution in [-0.4, -0.2) is 14.2 Å². The number of benzene rings is 1. The first-order chi connectivity index (χ1) is 8.33. The molecule has 1 aromatic carbocycles. The van der Waals surface area contributed by atoms with Gasteiger partial charge in [-0.3, -0.25) is 0 Å². The van der Waals surface area contributed by atoms with Crippen molar-refractivity contribution in [1.29, 1.82) is 0 Å². The van der Waals surface area contributed by atoms with Crippen LogP contribution >= 0.6 is 11.3 Å². The van der Waals surface area contributed by atoms with Crippen LogP contribution in [0.2, 0.25) is 0 Å². The molecule has 0 atom stereocenters. The Morgan fingerprint density at radius 1 is 1.06 bits per heavy atom. The second kappa shape index (κ2) is 5.55. The highest BCUT2D eigenvalue weighted by Crippen LogP contribution is 2.26. The summed E-state index contributed by atoms with van der Waals surface area (Å²) >= 11 is 1.71. The van der Waals surface area contributed by atoms with Crippen LogP contribution in [-0.2, 0) is 0 Å². The van der Waals surface area contributed by atoms with Crippen LogP contribution in [0.3, 0.4) is 0 Å². The lowest BCUT2D eigenvalue weighted by Crippen LogP contribution is -1.89. The second-order valence-electron chi connectivity index (χ2n) is 3.46. The molecule has 0 N–H and O–H groups in total. The van der Waals surface area contributed by atoms with Gasteiger partial charge in [0.2, 0.25) is 0 Å². The highest BCUT2D eigenvalue weighted by molar-refractivity contribution is 7.10. The maximum absolute atomic E-state index is 5.33. The minimum Gasteiger partial charge on any atom is -0.497 e. The molecule has 2 aromatic rings. The minimum absolute atomic E-state index is 0.801. The van der Waals surface area contributed by atoms with E-state index in [9.17, 15) is 0 Å². The van der Waals surface area contributed by atoms with E-state index in [4.69, 9.17) is 9.47 Å². The molecule has 0 aliphatic heterocycles. The molecule has 0 aliphatic rings. The van der Waals surface area contributed by atoms with Gasteiger partial charge in [-0.2, -0.15) is 0 Å². The van der Waals surface area contributed by atoms with Crippen molar-refractivity contribution in [3.8, 4) is 11.5 Å². The zero-order valence-corrected chi connectivity index (χ0v) is 10.7. The van der Waals surface area contributed by atoms with Crippen molar-refractivity contribution in [2.45, 2.75) is 0 Å². The summed E-state index contributed by atoms with van der Waals surface area (Å²) in [7, 11) is 3.31. The van der Waals surface area contributed by atoms with Crippen molar-refractivity contribution >= 4 is 23.5 Å². The molecule has 88 valence electrons. The number of hydrogen-bond donors (Lipinski definition) is 0. The predicted octanol–water partition coefficient (Wildman–Crippen LogP) is 3.94. The van der Waals surface area contributed by atoms with Gasteiger partial charge in [-0.05, 0) is 35.7 Å². The molecule has 0 spiro atoms. The number of thiophene rings is 1. The largest absolute Gasteiger partial charge is 0.497 e. The number of ether oxygens (including phenoxy) is 2. The summed E-state index contributed by atoms with van der Waals surface area (Å²) in [4.78, 5) is 1.22. The Bertz CT molecular complexity index is 501. The third-order valence-corrected chi connectivity index (χ3v) is 3.25. The monoisotopic (exact) mass is 246 g/mol. The Kier molecular flexibility index (Phi) is 3.83. The molecule has 0 unspecified atom stereocenters. The normalized spacial score (nSPS) is 10.7. The first-order valence-corrected chi connectivity index (χ1v) is 6.15. The van der Waals surface area contributed by atoms with Gasteiger partial charge in [-0.15, -0.1) is 11.3 Å². The highest BCUT2D eigenvalue weighted by atomic mass is 32.1. The average molecular weight is 246 g/mol. The van der Waals surface area contributed by atoms with Crippen LogP contribution < -0.4 is 9.47 Å². The Morgan fingerprint density at radius 2 is 1.94 bits per heavy atom. The molecule has 0 amide bonds. The lowest BCUT2D eigenvalue weighted by atomic mass is 10.1. The van der Waals surface area contributed by atoms with E-state index < -0.39 is 0 Å². The molecule has 1 heterocycles. The van der Waals surface area contributed by atoms with Gasteiger partial charge in [0.1, 0.15) is 11.5 Å². The topological polar surface area (TPSA) is 18.5 Å². The molecule has 0 aliphatic carbocycles. The van der Waals surface area contributed by atoms with Crippen LogP contribution in [0, 0.1) is 0 Å². The van der Waals surface area contributed by atoms with Crippen molar-refractivity contribution in [3.63, 3.8) is 0 Å². The van der Waals surface area contributed by atoms with Gasteiger partial charge in [0, 0.05) is 16.5 Å². The van der Waals surface area contributed by atoms with Crippen LogP contribution in [0.4, 0.5) is 0 Å². The molecule has 1 aromatic heterocycles. The number of rotatable bonds is 4. The van der Waals surface area contributed by atoms with Gasteiger partial charge in [-0.1, -0.05) is 6.07 Å². The Labute approximate surface area is 105 Å². The lowest BCUT2D eigenvalue weighted by molar-refractivity contribution is 0.394. The van der Waals surface area contributed by atoms with Crippen molar-refractivity contribution in [3.05, 3.63) is 46.2 Å². The van der Waals surface area contributed by atoms with Gasteiger partial charge in [0.15, 0.2) is 0 Å². The Morgan fingerprint density at radius 3 is 2.59 bits per heavy atom. The van der Waals surface area contributed by atoms with Crippen LogP contribution in [0.15, 0.2) is 35.7 Å². The summed E-state index contributed by atoms with van der Waals surface area (Å²) in [5.41, 5.74) is 1.04. The zero-order chi connectivity index (χ0) is 12.1. The fraction of sp³-hybridized carbons (Fsp3) is 0.143. The van der Waals surface area contributed by atoms with Gasteiger partial charge in [0.05, 0.1) is 14.2 Å². The molecule has 3 heteroatoms. The van der Waals surface area contributed by atoms with Crippen molar-refractivity contribution in [2.24, 2.45) is 0 Å². The standard InChI is InChI=1S/C14H14O2S/c1-15-12-7-5-11(14(10-12)16-2)6-8-13-4-3-9-17-13/h3-10H,1-2H3/b8-6+. The van der Waals surface area contributed by atoms with Crippen LogP contribution in [0.5, 0.6) is 11.5 Å². The van der Waals surface area contributed by atoms with E-state index in [1.54, 1.807) is 25.6 Å². The van der Waals surface area contributed by atoms with Gasteiger partial charge in [-0.25, -0.2) is 0 Å². The highest BCUT2D eigenvalue weighted by Gasteiger charge is 2.01. The molecular formula is C14H14O2S. The molecule has 2 nitrogen and oxygen atoms in total. The first-order valence-electron chi connectivity index (χ1n) is 5.27. The summed E-state index contributed by atoms with van der Waals surface area (Å²) in [6.45, 7) is 0. The third-order valence-electron chi connectivity index (χ3n) is 2.41. The molecule has 0 radical (unpaired) electrons. The molecule has 0 saturated carbocycles. The molecule has 2 rings (SSSR count). The zero-order valence-electron chi connectivity index (χ0n) is 9.84. The maximum Gasteiger partial charge on any atom is 0.129 e. The third kappa shape index (κ3) is 2.88. The van der Waals surface area contributed by atoms with Gasteiger partial charge >= 0.3 is 0 Å². The Balaban J connectivity index is 2.26. The average Bonchev–Trinajstić information content (AvgIpc) is 2.89. The quantitative estimate of drug-likeness (QED) is 0.813. The second-order valence-corrected chi connectivity index (χ2v) is 4.44. The Hall–Kier alpha value is -1.74. The smallest absolute Gasteiger partial charge is 0.129 e. The van der Waals surface area contributed by atoms with Crippen LogP contribution in [0.1, 0.15) is 10.4 Å². The van der Waals surface area contributed by atoms with E-state index in [2.05, 4.69) is 17.5 Å². The molecule has 0 fully saturated rings. The first kappa shape index (κ1) is 11.7. The molecule has 0 saturated heterocycles. The maximum atomic E-state index is 5.33. The fourth-order valence-electron chi connectivity index (χ4n) is 1.51. The lowest BCUT2D eigenvalue weighted by Gasteiger charge is -2.06. The van der Waals surface area contributed by atoms with Crippen LogP contribution in [0.25, 0.3) is 12.2 Å². The van der Waals surface area contributed by atoms with Gasteiger partial charge < -0.3 is 9.47 Å². The fourth-order valence-corrected chi connectivity index (χ4v) is 2.13. The summed E-state index contributed by atoms with van der Waals surface area (Å²) < 4.78 is 10.5. The summed E-state index contributed by atoms with van der Waals surface area (Å²) in [6, 6.07) is 9.92. The predicted molar refractivity (Wildman–Crippen MR) is 72.8 cm³/mol. The summed E-state index contributed by atoms with van der Waals surface area (Å²) in [6.07, 6.45) is 4.12. The van der Waals surface area contributed by atoms with E-state index in [0.717, 1.165) is 17.1 Å². The van der Waals surface area contributed by atoms with E-state index in [1.165, 1.54) is 4.88 Å². The van der Waals surface area contributed by atoms with Crippen molar-refractivity contribution < 1.29 is 9.47 Å². The van der Waals surface area contributed by atoms with Crippen molar-refractivity contribution in [1.82, 2.24) is 0 Å². The minimum atomic E-state index is 0.801. The van der Waals surface area contributed by atoms with E-state index in [-0.39, 0.29) is 0 Å². The van der Waals surface area contributed by atoms with E-state index in [1.807, 2.05) is 30.3 Å². The number of hydrogen-bond acceptors (Lipinski definition) is 3. The SMILES string of the molecule is COc1ccc(/C=C/c2cccs2)c(OC)c1. The molecular weight excluding hydrogens is 232 g/mol. The van der Waals surface area contributed by atoms with E-state index >= 15 is 0 Å². The molecule has 17 heavy (non-hydrogen) atoms. The summed E-state index contributed by atoms with van der Waals surface area (Å²) in [5, 5.41) is 2.06. The molecule has 0 bridgehead atoms. The van der Waals surface area contributed by atoms with E-state index in [0.29, 0.717) is 0 Å². The number of methoxy groups -OCH3 is 2. The van der Waals surface area contributed by atoms with Crippen molar-refractivity contribution in [2.75, 3.05) is 14.2 Å². The van der Waals surface area contributed by atoms with Gasteiger partial charge in [0.25, 0.3) is 0 Å². The summed E-state index contributed by atoms with van der Waals surface area (Å²) in [5.74, 6) is 1.62.